The van der Waals surface area contributed by atoms with E-state index in [0.29, 0.717) is 30.5 Å². The summed E-state index contributed by atoms with van der Waals surface area (Å²) in [6.45, 7) is 0.918. The number of benzene rings is 1. The van der Waals surface area contributed by atoms with E-state index in [1.54, 1.807) is 11.0 Å². The summed E-state index contributed by atoms with van der Waals surface area (Å²) in [7, 11) is 1.67. The van der Waals surface area contributed by atoms with E-state index in [0.717, 1.165) is 5.56 Å². The lowest BCUT2D eigenvalue weighted by atomic mass is 10.1. The van der Waals surface area contributed by atoms with Crippen LogP contribution in [0.5, 0.6) is 0 Å². The van der Waals surface area contributed by atoms with E-state index in [9.17, 15) is 13.2 Å². The minimum absolute atomic E-state index is 0.0456. The van der Waals surface area contributed by atoms with Crippen molar-refractivity contribution in [1.82, 2.24) is 15.2 Å². The molecule has 1 amide bonds. The highest BCUT2D eigenvalue weighted by atomic mass is 35.7. The predicted molar refractivity (Wildman–Crippen MR) is 79.8 cm³/mol. The molecule has 0 bridgehead atoms. The van der Waals surface area contributed by atoms with Crippen molar-refractivity contribution in [3.8, 4) is 0 Å². The molecule has 2 heterocycles. The first-order valence-corrected chi connectivity index (χ1v) is 9.30. The quantitative estimate of drug-likeness (QED) is 0.757. The molecule has 1 aliphatic rings. The van der Waals surface area contributed by atoms with Crippen LogP contribution in [0.15, 0.2) is 22.8 Å². The fraction of sp³-hybridized carbons (Fsp3) is 0.462. The van der Waals surface area contributed by atoms with E-state index in [2.05, 4.69) is 10.3 Å². The van der Waals surface area contributed by atoms with Gasteiger partial charge in [-0.3, -0.25) is 4.79 Å². The first kappa shape index (κ1) is 15.2. The molecule has 1 atom stereocenters. The van der Waals surface area contributed by atoms with Crippen LogP contribution in [0.2, 0.25) is 0 Å². The van der Waals surface area contributed by atoms with Crippen molar-refractivity contribution in [3.05, 3.63) is 23.8 Å². The number of fused-ring (bicyclic) bond motifs is 1. The van der Waals surface area contributed by atoms with Crippen LogP contribution in [0.25, 0.3) is 11.0 Å². The summed E-state index contributed by atoms with van der Waals surface area (Å²) < 4.78 is 26.9. The maximum atomic E-state index is 11.9. The van der Waals surface area contributed by atoms with Gasteiger partial charge >= 0.3 is 0 Å². The summed E-state index contributed by atoms with van der Waals surface area (Å²) in [5.41, 5.74) is 2.31. The molecule has 118 valence electrons. The first-order chi connectivity index (χ1) is 10.4. The average molecular weight is 344 g/mol. The van der Waals surface area contributed by atoms with Crippen LogP contribution in [0.1, 0.15) is 12.0 Å². The summed E-state index contributed by atoms with van der Waals surface area (Å²) in [6, 6.07) is 5.57. The van der Waals surface area contributed by atoms with Crippen molar-refractivity contribution < 1.29 is 17.8 Å². The number of amides is 1. The lowest BCUT2D eigenvalue weighted by Gasteiger charge is -2.16. The Balaban J connectivity index is 1.64. The molecule has 1 aliphatic heterocycles. The Morgan fingerprint density at radius 3 is 2.95 bits per heavy atom. The zero-order valence-corrected chi connectivity index (χ0v) is 13.2. The number of carbonyl (C=O) groups is 1. The van der Waals surface area contributed by atoms with Crippen molar-refractivity contribution in [3.63, 3.8) is 0 Å². The van der Waals surface area contributed by atoms with Gasteiger partial charge in [0.15, 0.2) is 0 Å². The molecule has 0 aliphatic carbocycles. The van der Waals surface area contributed by atoms with Gasteiger partial charge in [0.1, 0.15) is 11.0 Å². The van der Waals surface area contributed by atoms with Gasteiger partial charge in [-0.1, -0.05) is 12.1 Å². The average Bonchev–Trinajstić information content (AvgIpc) is 3.01. The zero-order chi connectivity index (χ0) is 15.7. The maximum absolute atomic E-state index is 11.9. The molecule has 0 N–H and O–H groups in total. The minimum Gasteiger partial charge on any atom is -0.342 e. The molecule has 0 spiro atoms. The zero-order valence-electron chi connectivity index (χ0n) is 11.6. The monoisotopic (exact) mass is 343 g/mol. The second-order valence-corrected chi connectivity index (χ2v) is 8.24. The molecular formula is C13H14ClN3O4S. The first-order valence-electron chi connectivity index (χ1n) is 6.82. The van der Waals surface area contributed by atoms with Crippen LogP contribution in [-0.4, -0.2) is 48.4 Å². The largest absolute Gasteiger partial charge is 0.342 e. The van der Waals surface area contributed by atoms with Crippen molar-refractivity contribution in [2.45, 2.75) is 12.8 Å². The number of carbonyl (C=O) groups excluding carboxylic acids is 1. The van der Waals surface area contributed by atoms with Gasteiger partial charge in [-0.05, 0) is 28.4 Å². The third-order valence-electron chi connectivity index (χ3n) is 3.75. The predicted octanol–water partition coefficient (Wildman–Crippen LogP) is 1.18. The van der Waals surface area contributed by atoms with Crippen LogP contribution in [0.3, 0.4) is 0 Å². The number of hydrogen-bond acceptors (Lipinski definition) is 6. The Labute approximate surface area is 131 Å². The second kappa shape index (κ2) is 5.85. The second-order valence-electron chi connectivity index (χ2n) is 5.41. The van der Waals surface area contributed by atoms with Crippen molar-refractivity contribution in [1.29, 1.82) is 0 Å². The van der Waals surface area contributed by atoms with E-state index >= 15 is 0 Å². The molecule has 0 saturated carbocycles. The topological polar surface area (TPSA) is 93.4 Å². The molecule has 7 nitrogen and oxygen atoms in total. The highest BCUT2D eigenvalue weighted by Crippen LogP contribution is 2.22. The van der Waals surface area contributed by atoms with E-state index in [-0.39, 0.29) is 24.0 Å². The molecule has 3 rings (SSSR count). The van der Waals surface area contributed by atoms with Crippen molar-refractivity contribution in [2.75, 3.05) is 18.8 Å². The molecular weight excluding hydrogens is 330 g/mol. The summed E-state index contributed by atoms with van der Waals surface area (Å²) in [4.78, 5) is 13.6. The number of hydrogen-bond donors (Lipinski definition) is 0. The Kier molecular flexibility index (Phi) is 4.05. The Morgan fingerprint density at radius 1 is 1.36 bits per heavy atom. The summed E-state index contributed by atoms with van der Waals surface area (Å²) >= 11 is 0. The van der Waals surface area contributed by atoms with E-state index in [4.69, 9.17) is 15.3 Å². The Bertz CT molecular complexity index is 804. The number of likely N-dealkylation sites (tertiary alicyclic amines) is 1. The standard InChI is InChI=1S/C13H14ClN3O4S/c14-22(19,20)8-9-6-12(18)17(7-9)5-4-10-2-1-3-11-13(10)16-21-15-11/h1-3,9H,4-8H2. The van der Waals surface area contributed by atoms with E-state index in [1.807, 2.05) is 12.1 Å². The third-order valence-corrected chi connectivity index (χ3v) is 5.00. The molecule has 22 heavy (non-hydrogen) atoms. The van der Waals surface area contributed by atoms with Crippen LogP contribution in [0.4, 0.5) is 0 Å². The van der Waals surface area contributed by atoms with E-state index in [1.165, 1.54) is 0 Å². The van der Waals surface area contributed by atoms with E-state index < -0.39 is 9.05 Å². The molecule has 1 aromatic heterocycles. The summed E-state index contributed by atoms with van der Waals surface area (Å²) in [5.74, 6) is -0.449. The van der Waals surface area contributed by atoms with Gasteiger partial charge in [0.05, 0.1) is 5.75 Å². The molecule has 1 aromatic carbocycles. The van der Waals surface area contributed by atoms with Gasteiger partial charge in [-0.2, -0.15) is 0 Å². The SMILES string of the molecule is O=C1CC(CS(=O)(=O)Cl)CN1CCc1cccc2nonc12. The van der Waals surface area contributed by atoms with Crippen LogP contribution >= 0.6 is 10.7 Å². The molecule has 9 heteroatoms. The number of nitrogens with zero attached hydrogens (tertiary/aromatic N) is 3. The van der Waals surface area contributed by atoms with Gasteiger partial charge in [0.2, 0.25) is 15.0 Å². The lowest BCUT2D eigenvalue weighted by molar-refractivity contribution is -0.127. The molecule has 2 aromatic rings. The minimum atomic E-state index is -3.58. The Hall–Kier alpha value is -1.67. The van der Waals surface area contributed by atoms with Crippen LogP contribution in [0, 0.1) is 5.92 Å². The highest BCUT2D eigenvalue weighted by molar-refractivity contribution is 8.13. The Morgan fingerprint density at radius 2 is 2.18 bits per heavy atom. The maximum Gasteiger partial charge on any atom is 0.232 e. The van der Waals surface area contributed by atoms with Gasteiger partial charge in [0.25, 0.3) is 0 Å². The summed E-state index contributed by atoms with van der Waals surface area (Å²) in [6.07, 6.45) is 0.833. The van der Waals surface area contributed by atoms with Gasteiger partial charge in [-0.25, -0.2) is 13.0 Å². The fourth-order valence-corrected chi connectivity index (χ4v) is 4.10. The van der Waals surface area contributed by atoms with Gasteiger partial charge in [-0.15, -0.1) is 0 Å². The normalized spacial score (nSPS) is 19.2. The number of rotatable bonds is 5. The molecule has 1 unspecified atom stereocenters. The van der Waals surface area contributed by atoms with Gasteiger partial charge < -0.3 is 4.90 Å². The number of halogens is 1. The van der Waals surface area contributed by atoms with Crippen molar-refractivity contribution in [2.24, 2.45) is 5.92 Å². The van der Waals surface area contributed by atoms with Crippen LogP contribution < -0.4 is 0 Å². The molecule has 0 radical (unpaired) electrons. The molecule has 1 saturated heterocycles. The number of aromatic nitrogens is 2. The van der Waals surface area contributed by atoms with Gasteiger partial charge in [0, 0.05) is 36.1 Å². The summed E-state index contributed by atoms with van der Waals surface area (Å²) in [5, 5.41) is 7.64. The lowest BCUT2D eigenvalue weighted by Crippen LogP contribution is -2.28. The highest BCUT2D eigenvalue weighted by Gasteiger charge is 2.32. The van der Waals surface area contributed by atoms with Crippen LogP contribution in [-0.2, 0) is 20.3 Å². The fourth-order valence-electron chi connectivity index (χ4n) is 2.78. The van der Waals surface area contributed by atoms with Crippen molar-refractivity contribution >= 4 is 36.7 Å². The third kappa shape index (κ3) is 3.38. The molecule has 1 fully saturated rings. The smallest absolute Gasteiger partial charge is 0.232 e.